The van der Waals surface area contributed by atoms with Crippen molar-refractivity contribution in [3.8, 4) is 0 Å². The predicted octanol–water partition coefficient (Wildman–Crippen LogP) is 0.0786. The average Bonchev–Trinajstić information content (AvgIpc) is 2.93. The van der Waals surface area contributed by atoms with E-state index in [9.17, 15) is 9.59 Å². The average molecular weight is 311 g/mol. The lowest BCUT2D eigenvalue weighted by molar-refractivity contribution is -0.128. The van der Waals surface area contributed by atoms with Crippen LogP contribution >= 0.6 is 0 Å². The van der Waals surface area contributed by atoms with Gasteiger partial charge >= 0.3 is 0 Å². The van der Waals surface area contributed by atoms with Crippen LogP contribution in [0.3, 0.4) is 0 Å². The predicted molar refractivity (Wildman–Crippen MR) is 87.7 cm³/mol. The van der Waals surface area contributed by atoms with Crippen molar-refractivity contribution in [3.05, 3.63) is 0 Å². The molecule has 0 aliphatic carbocycles. The molecule has 0 atom stereocenters. The van der Waals surface area contributed by atoms with Gasteiger partial charge in [0, 0.05) is 25.2 Å². The minimum absolute atomic E-state index is 0.0323. The van der Waals surface area contributed by atoms with Gasteiger partial charge in [0.15, 0.2) is 5.96 Å². The highest BCUT2D eigenvalue weighted by atomic mass is 16.2. The molecular formula is C15H29N5O2. The normalized spacial score (nSPS) is 15.6. The van der Waals surface area contributed by atoms with E-state index in [1.807, 2.05) is 32.6 Å². The van der Waals surface area contributed by atoms with Crippen LogP contribution in [0.4, 0.5) is 0 Å². The van der Waals surface area contributed by atoms with Crippen LogP contribution in [-0.4, -0.2) is 60.9 Å². The Balaban J connectivity index is 2.44. The number of nitrogens with zero attached hydrogens (tertiary/aromatic N) is 2. The zero-order chi connectivity index (χ0) is 16.6. The van der Waals surface area contributed by atoms with Crippen LogP contribution in [0.5, 0.6) is 0 Å². The zero-order valence-electron chi connectivity index (χ0n) is 14.2. The fourth-order valence-corrected chi connectivity index (χ4v) is 2.19. The Morgan fingerprint density at radius 1 is 1.14 bits per heavy atom. The standard InChI is InChI=1S/C15H29N5O2/c1-5-16-14(17-10-12(21)19-15(2,3)4)18-11-13(22)20-8-6-7-9-20/h5-11H2,1-4H3,(H,19,21)(H2,16,17,18). The molecule has 22 heavy (non-hydrogen) atoms. The summed E-state index contributed by atoms with van der Waals surface area (Å²) in [6, 6.07) is 0. The molecule has 0 unspecified atom stereocenters. The highest BCUT2D eigenvalue weighted by Crippen LogP contribution is 2.06. The van der Waals surface area contributed by atoms with Gasteiger partial charge in [-0.25, -0.2) is 4.99 Å². The Morgan fingerprint density at radius 3 is 2.32 bits per heavy atom. The molecule has 1 saturated heterocycles. The summed E-state index contributed by atoms with van der Waals surface area (Å²) in [6.07, 6.45) is 2.15. The number of hydrogen-bond donors (Lipinski definition) is 3. The highest BCUT2D eigenvalue weighted by molar-refractivity contribution is 5.88. The number of nitrogens with one attached hydrogen (secondary N) is 3. The van der Waals surface area contributed by atoms with Crippen molar-refractivity contribution in [1.82, 2.24) is 20.9 Å². The second-order valence-electron chi connectivity index (χ2n) is 6.43. The lowest BCUT2D eigenvalue weighted by Crippen LogP contribution is -2.45. The second kappa shape index (κ2) is 8.60. The molecule has 0 spiro atoms. The van der Waals surface area contributed by atoms with Gasteiger partial charge < -0.3 is 20.9 Å². The Bertz CT molecular complexity index is 409. The quantitative estimate of drug-likeness (QED) is 0.496. The second-order valence-corrected chi connectivity index (χ2v) is 6.43. The largest absolute Gasteiger partial charge is 0.357 e. The van der Waals surface area contributed by atoms with E-state index in [0.29, 0.717) is 12.5 Å². The maximum atomic E-state index is 12.0. The molecule has 3 N–H and O–H groups in total. The first-order valence-corrected chi connectivity index (χ1v) is 7.93. The van der Waals surface area contributed by atoms with Crippen LogP contribution in [-0.2, 0) is 9.59 Å². The summed E-state index contributed by atoms with van der Waals surface area (Å²) in [5.41, 5.74) is -0.274. The molecule has 0 radical (unpaired) electrons. The third-order valence-corrected chi connectivity index (χ3v) is 3.11. The lowest BCUT2D eigenvalue weighted by atomic mass is 10.1. The van der Waals surface area contributed by atoms with E-state index in [-0.39, 0.29) is 30.4 Å². The van der Waals surface area contributed by atoms with Crippen LogP contribution < -0.4 is 16.0 Å². The van der Waals surface area contributed by atoms with E-state index >= 15 is 0 Å². The molecule has 7 nitrogen and oxygen atoms in total. The summed E-state index contributed by atoms with van der Waals surface area (Å²) in [6.45, 7) is 10.3. The van der Waals surface area contributed by atoms with Gasteiger partial charge in [-0.05, 0) is 40.5 Å². The van der Waals surface area contributed by atoms with Crippen LogP contribution in [0.2, 0.25) is 0 Å². The van der Waals surface area contributed by atoms with Gasteiger partial charge in [-0.15, -0.1) is 0 Å². The van der Waals surface area contributed by atoms with E-state index in [1.165, 1.54) is 0 Å². The van der Waals surface area contributed by atoms with Gasteiger partial charge in [-0.1, -0.05) is 0 Å². The third-order valence-electron chi connectivity index (χ3n) is 3.11. The number of carbonyl (C=O) groups is 2. The minimum Gasteiger partial charge on any atom is -0.357 e. The molecule has 0 aromatic rings. The smallest absolute Gasteiger partial charge is 0.242 e. The first-order chi connectivity index (χ1) is 10.3. The molecule has 126 valence electrons. The van der Waals surface area contributed by atoms with Gasteiger partial charge in [-0.3, -0.25) is 9.59 Å². The van der Waals surface area contributed by atoms with Crippen molar-refractivity contribution in [2.24, 2.45) is 4.99 Å². The first-order valence-electron chi connectivity index (χ1n) is 7.93. The SMILES string of the molecule is CCNC(=NCC(=O)NC(C)(C)C)NCC(=O)N1CCCC1. The summed E-state index contributed by atoms with van der Waals surface area (Å²) in [5.74, 6) is 0.414. The summed E-state index contributed by atoms with van der Waals surface area (Å²) < 4.78 is 0. The molecule has 1 aliphatic rings. The Kier molecular flexibility index (Phi) is 7.14. The topological polar surface area (TPSA) is 85.8 Å². The number of carbonyl (C=O) groups excluding carboxylic acids is 2. The maximum absolute atomic E-state index is 12.0. The molecule has 7 heteroatoms. The molecule has 0 aromatic heterocycles. The number of aliphatic imine (C=N–C) groups is 1. The minimum atomic E-state index is -0.274. The van der Waals surface area contributed by atoms with Crippen molar-refractivity contribution in [3.63, 3.8) is 0 Å². The molecule has 1 fully saturated rings. The number of hydrogen-bond acceptors (Lipinski definition) is 3. The van der Waals surface area contributed by atoms with E-state index in [1.54, 1.807) is 0 Å². The molecule has 1 heterocycles. The molecule has 0 saturated carbocycles. The lowest BCUT2D eigenvalue weighted by Gasteiger charge is -2.20. The number of likely N-dealkylation sites (tertiary alicyclic amines) is 1. The fourth-order valence-electron chi connectivity index (χ4n) is 2.19. The van der Waals surface area contributed by atoms with Gasteiger partial charge in [0.25, 0.3) is 0 Å². The fraction of sp³-hybridized carbons (Fsp3) is 0.800. The van der Waals surface area contributed by atoms with Crippen molar-refractivity contribution < 1.29 is 9.59 Å². The maximum Gasteiger partial charge on any atom is 0.242 e. The molecule has 2 amide bonds. The van der Waals surface area contributed by atoms with E-state index in [0.717, 1.165) is 25.9 Å². The van der Waals surface area contributed by atoms with Gasteiger partial charge in [0.1, 0.15) is 6.54 Å². The van der Waals surface area contributed by atoms with Gasteiger partial charge in [0.05, 0.1) is 6.54 Å². The van der Waals surface area contributed by atoms with Crippen LogP contribution in [0.25, 0.3) is 0 Å². The Hall–Kier alpha value is -1.79. The first kappa shape index (κ1) is 18.3. The molecule has 1 aliphatic heterocycles. The number of amides is 2. The summed E-state index contributed by atoms with van der Waals surface area (Å²) in [7, 11) is 0. The summed E-state index contributed by atoms with van der Waals surface area (Å²) in [5, 5.41) is 8.87. The number of guanidine groups is 1. The summed E-state index contributed by atoms with van der Waals surface area (Å²) in [4.78, 5) is 29.8. The van der Waals surface area contributed by atoms with Crippen molar-refractivity contribution in [2.75, 3.05) is 32.7 Å². The van der Waals surface area contributed by atoms with Crippen molar-refractivity contribution in [2.45, 2.75) is 46.1 Å². The van der Waals surface area contributed by atoms with Crippen LogP contribution in [0, 0.1) is 0 Å². The molecule has 1 rings (SSSR count). The molecule has 0 bridgehead atoms. The number of rotatable bonds is 5. The van der Waals surface area contributed by atoms with Crippen LogP contribution in [0.15, 0.2) is 4.99 Å². The Labute approximate surface area is 132 Å². The van der Waals surface area contributed by atoms with Gasteiger partial charge in [0.2, 0.25) is 11.8 Å². The van der Waals surface area contributed by atoms with Crippen molar-refractivity contribution >= 4 is 17.8 Å². The van der Waals surface area contributed by atoms with E-state index < -0.39 is 0 Å². The van der Waals surface area contributed by atoms with E-state index in [2.05, 4.69) is 20.9 Å². The molecule has 0 aromatic carbocycles. The van der Waals surface area contributed by atoms with Crippen molar-refractivity contribution in [1.29, 1.82) is 0 Å². The summed E-state index contributed by atoms with van der Waals surface area (Å²) >= 11 is 0. The third kappa shape index (κ3) is 7.28. The zero-order valence-corrected chi connectivity index (χ0v) is 14.2. The Morgan fingerprint density at radius 2 is 1.77 bits per heavy atom. The monoisotopic (exact) mass is 311 g/mol. The van der Waals surface area contributed by atoms with Crippen LogP contribution in [0.1, 0.15) is 40.5 Å². The van der Waals surface area contributed by atoms with E-state index in [4.69, 9.17) is 0 Å². The highest BCUT2D eigenvalue weighted by Gasteiger charge is 2.18. The van der Waals surface area contributed by atoms with Gasteiger partial charge in [-0.2, -0.15) is 0 Å². The molecular weight excluding hydrogens is 282 g/mol.